The summed E-state index contributed by atoms with van der Waals surface area (Å²) in [7, 11) is 0. The third-order valence-electron chi connectivity index (χ3n) is 3.86. The first-order chi connectivity index (χ1) is 9.02. The summed E-state index contributed by atoms with van der Waals surface area (Å²) in [5.41, 5.74) is 6.95. The molecule has 0 spiro atoms. The molecule has 1 aromatic rings. The van der Waals surface area contributed by atoms with Crippen molar-refractivity contribution in [3.05, 3.63) is 23.8 Å². The molecule has 0 bridgehead atoms. The van der Waals surface area contributed by atoms with E-state index in [9.17, 15) is 5.11 Å². The quantitative estimate of drug-likeness (QED) is 0.728. The van der Waals surface area contributed by atoms with Crippen LogP contribution >= 0.6 is 0 Å². The molecule has 2 unspecified atom stereocenters. The van der Waals surface area contributed by atoms with E-state index in [1.54, 1.807) is 12.1 Å². The number of benzene rings is 1. The van der Waals surface area contributed by atoms with Crippen molar-refractivity contribution in [1.82, 2.24) is 0 Å². The van der Waals surface area contributed by atoms with E-state index in [0.29, 0.717) is 23.7 Å². The minimum absolute atomic E-state index is 0.469. The standard InChI is InChI=1S/C15H21N3O/c1-11-3-2-6-15(19,8-11)10-18-13-5-4-12(9-16)14(17)7-13/h4-5,7,11,18-19H,2-3,6,8,10,17H2,1H3. The Morgan fingerprint density at radius 2 is 2.37 bits per heavy atom. The smallest absolute Gasteiger partial charge is 0.101 e. The number of hydrogen-bond acceptors (Lipinski definition) is 4. The van der Waals surface area contributed by atoms with Crippen LogP contribution in [0.15, 0.2) is 18.2 Å². The van der Waals surface area contributed by atoms with Gasteiger partial charge in [-0.1, -0.05) is 19.8 Å². The molecular weight excluding hydrogens is 238 g/mol. The third kappa shape index (κ3) is 3.39. The van der Waals surface area contributed by atoms with Crippen LogP contribution < -0.4 is 11.1 Å². The summed E-state index contributed by atoms with van der Waals surface area (Å²) in [6.07, 6.45) is 3.96. The predicted octanol–water partition coefficient (Wildman–Crippen LogP) is 2.49. The van der Waals surface area contributed by atoms with Crippen LogP contribution in [0.4, 0.5) is 11.4 Å². The first-order valence-electron chi connectivity index (χ1n) is 6.78. The van der Waals surface area contributed by atoms with E-state index < -0.39 is 5.60 Å². The number of hydrogen-bond donors (Lipinski definition) is 3. The van der Waals surface area contributed by atoms with Gasteiger partial charge in [-0.2, -0.15) is 5.26 Å². The number of aliphatic hydroxyl groups is 1. The van der Waals surface area contributed by atoms with Gasteiger partial charge in [-0.05, 0) is 37.0 Å². The first-order valence-corrected chi connectivity index (χ1v) is 6.78. The molecule has 2 atom stereocenters. The van der Waals surface area contributed by atoms with Crippen molar-refractivity contribution >= 4 is 11.4 Å². The summed E-state index contributed by atoms with van der Waals surface area (Å²) in [5, 5.41) is 22.6. The molecule has 0 aromatic heterocycles. The van der Waals surface area contributed by atoms with Crippen LogP contribution in [0.5, 0.6) is 0 Å². The van der Waals surface area contributed by atoms with Gasteiger partial charge >= 0.3 is 0 Å². The molecule has 0 radical (unpaired) electrons. The molecular formula is C15H21N3O. The van der Waals surface area contributed by atoms with Crippen LogP contribution in [0, 0.1) is 17.2 Å². The van der Waals surface area contributed by atoms with E-state index in [-0.39, 0.29) is 0 Å². The molecule has 4 N–H and O–H groups in total. The highest BCUT2D eigenvalue weighted by atomic mass is 16.3. The summed E-state index contributed by atoms with van der Waals surface area (Å²) in [6, 6.07) is 7.31. The number of nitrogen functional groups attached to an aromatic ring is 1. The van der Waals surface area contributed by atoms with E-state index in [4.69, 9.17) is 11.0 Å². The number of anilines is 2. The molecule has 1 saturated carbocycles. The van der Waals surface area contributed by atoms with Gasteiger partial charge in [0.05, 0.1) is 16.9 Å². The maximum atomic E-state index is 10.5. The highest BCUT2D eigenvalue weighted by molar-refractivity contribution is 5.62. The molecule has 0 amide bonds. The van der Waals surface area contributed by atoms with Gasteiger partial charge in [-0.3, -0.25) is 0 Å². The predicted molar refractivity (Wildman–Crippen MR) is 76.6 cm³/mol. The highest BCUT2D eigenvalue weighted by Crippen LogP contribution is 2.32. The zero-order valence-corrected chi connectivity index (χ0v) is 11.3. The summed E-state index contributed by atoms with van der Waals surface area (Å²) in [5.74, 6) is 0.576. The SMILES string of the molecule is CC1CCCC(O)(CNc2ccc(C#N)c(N)c2)C1. The van der Waals surface area contributed by atoms with E-state index in [0.717, 1.165) is 24.9 Å². The van der Waals surface area contributed by atoms with Crippen molar-refractivity contribution < 1.29 is 5.11 Å². The molecule has 0 aliphatic heterocycles. The molecule has 102 valence electrons. The zero-order chi connectivity index (χ0) is 13.9. The van der Waals surface area contributed by atoms with Gasteiger partial charge < -0.3 is 16.2 Å². The molecule has 1 aromatic carbocycles. The molecule has 19 heavy (non-hydrogen) atoms. The van der Waals surface area contributed by atoms with Crippen LogP contribution in [-0.4, -0.2) is 17.3 Å². The second kappa shape index (κ2) is 5.50. The number of nitrogens with one attached hydrogen (secondary N) is 1. The van der Waals surface area contributed by atoms with E-state index >= 15 is 0 Å². The number of nitrogens with zero attached hydrogens (tertiary/aromatic N) is 1. The van der Waals surface area contributed by atoms with Crippen molar-refractivity contribution in [2.75, 3.05) is 17.6 Å². The Morgan fingerprint density at radius 3 is 3.00 bits per heavy atom. The zero-order valence-electron chi connectivity index (χ0n) is 11.3. The average Bonchev–Trinajstić information content (AvgIpc) is 2.36. The monoisotopic (exact) mass is 259 g/mol. The van der Waals surface area contributed by atoms with Gasteiger partial charge in [0.15, 0.2) is 0 Å². The molecule has 4 nitrogen and oxygen atoms in total. The summed E-state index contributed by atoms with van der Waals surface area (Å²) in [4.78, 5) is 0. The molecule has 0 saturated heterocycles. The van der Waals surface area contributed by atoms with Crippen molar-refractivity contribution in [2.24, 2.45) is 5.92 Å². The Hall–Kier alpha value is -1.73. The molecule has 4 heteroatoms. The van der Waals surface area contributed by atoms with Gasteiger partial charge in [0.1, 0.15) is 6.07 Å². The van der Waals surface area contributed by atoms with Gasteiger partial charge in [0, 0.05) is 12.2 Å². The van der Waals surface area contributed by atoms with E-state index in [1.807, 2.05) is 12.1 Å². The minimum atomic E-state index is -0.625. The Bertz CT molecular complexity index is 495. The topological polar surface area (TPSA) is 82.1 Å². The van der Waals surface area contributed by atoms with E-state index in [1.165, 1.54) is 6.42 Å². The second-order valence-electron chi connectivity index (χ2n) is 5.69. The summed E-state index contributed by atoms with van der Waals surface area (Å²) in [6.45, 7) is 2.71. The van der Waals surface area contributed by atoms with Crippen LogP contribution in [0.1, 0.15) is 38.2 Å². The number of nitriles is 1. The fraction of sp³-hybridized carbons (Fsp3) is 0.533. The molecule has 1 fully saturated rings. The maximum absolute atomic E-state index is 10.5. The van der Waals surface area contributed by atoms with Gasteiger partial charge in [-0.15, -0.1) is 0 Å². The highest BCUT2D eigenvalue weighted by Gasteiger charge is 2.32. The second-order valence-corrected chi connectivity index (χ2v) is 5.69. The third-order valence-corrected chi connectivity index (χ3v) is 3.86. The average molecular weight is 259 g/mol. The van der Waals surface area contributed by atoms with Gasteiger partial charge in [0.2, 0.25) is 0 Å². The van der Waals surface area contributed by atoms with Crippen molar-refractivity contribution in [3.8, 4) is 6.07 Å². The number of nitrogens with two attached hydrogens (primary N) is 1. The van der Waals surface area contributed by atoms with Crippen molar-refractivity contribution in [3.63, 3.8) is 0 Å². The Kier molecular flexibility index (Phi) is 3.96. The molecule has 1 aliphatic carbocycles. The largest absolute Gasteiger partial charge is 0.398 e. The lowest BCUT2D eigenvalue weighted by atomic mass is 9.79. The lowest BCUT2D eigenvalue weighted by Gasteiger charge is -2.35. The van der Waals surface area contributed by atoms with Crippen LogP contribution in [0.2, 0.25) is 0 Å². The lowest BCUT2D eigenvalue weighted by Crippen LogP contribution is -2.41. The van der Waals surface area contributed by atoms with Crippen molar-refractivity contribution in [2.45, 2.75) is 38.2 Å². The maximum Gasteiger partial charge on any atom is 0.101 e. The molecule has 1 aliphatic rings. The Labute approximate surface area is 114 Å². The minimum Gasteiger partial charge on any atom is -0.398 e. The fourth-order valence-electron chi connectivity index (χ4n) is 2.83. The molecule has 0 heterocycles. The Morgan fingerprint density at radius 1 is 1.58 bits per heavy atom. The fourth-order valence-corrected chi connectivity index (χ4v) is 2.83. The van der Waals surface area contributed by atoms with Gasteiger partial charge in [-0.25, -0.2) is 0 Å². The lowest BCUT2D eigenvalue weighted by molar-refractivity contribution is -0.000760. The van der Waals surface area contributed by atoms with Crippen molar-refractivity contribution in [1.29, 1.82) is 5.26 Å². The first kappa shape index (κ1) is 13.7. The number of rotatable bonds is 3. The van der Waals surface area contributed by atoms with E-state index in [2.05, 4.69) is 12.2 Å². The van der Waals surface area contributed by atoms with Gasteiger partial charge in [0.25, 0.3) is 0 Å². The van der Waals surface area contributed by atoms with Crippen LogP contribution in [0.25, 0.3) is 0 Å². The van der Waals surface area contributed by atoms with Crippen LogP contribution in [-0.2, 0) is 0 Å². The molecule has 2 rings (SSSR count). The van der Waals surface area contributed by atoms with Crippen LogP contribution in [0.3, 0.4) is 0 Å². The summed E-state index contributed by atoms with van der Waals surface area (Å²) < 4.78 is 0. The summed E-state index contributed by atoms with van der Waals surface area (Å²) >= 11 is 0. The normalized spacial score (nSPS) is 26.7. The Balaban J connectivity index is 1.99.